The van der Waals surface area contributed by atoms with E-state index in [0.29, 0.717) is 13.0 Å². The van der Waals surface area contributed by atoms with Crippen molar-refractivity contribution in [2.24, 2.45) is 0 Å². The van der Waals surface area contributed by atoms with Crippen molar-refractivity contribution < 1.29 is 13.9 Å². The molecule has 1 aromatic rings. The molecule has 5 nitrogen and oxygen atoms in total. The van der Waals surface area contributed by atoms with Crippen molar-refractivity contribution in [1.29, 1.82) is 0 Å². The molecule has 1 unspecified atom stereocenters. The number of aromatic nitrogens is 1. The number of anilines is 1. The highest BCUT2D eigenvalue weighted by Gasteiger charge is 2.30. The molecule has 104 valence electrons. The van der Waals surface area contributed by atoms with Crippen LogP contribution in [0.15, 0.2) is 12.3 Å². The molecule has 1 saturated heterocycles. The van der Waals surface area contributed by atoms with Gasteiger partial charge >= 0.3 is 0 Å². The first-order valence-electron chi connectivity index (χ1n) is 6.24. The van der Waals surface area contributed by atoms with Gasteiger partial charge in [-0.1, -0.05) is 0 Å². The number of carbonyl (C=O) groups is 1. The second-order valence-corrected chi connectivity index (χ2v) is 5.33. The second-order valence-electron chi connectivity index (χ2n) is 5.33. The van der Waals surface area contributed by atoms with Gasteiger partial charge in [-0.05, 0) is 32.8 Å². The van der Waals surface area contributed by atoms with Crippen LogP contribution >= 0.6 is 0 Å². The standard InChI is InChI=1S/C13H18FN3O2/c1-13(2)7-8(4-6-19-13)17-12(18)9-3-5-16-11(15)10(9)14/h3,5,8H,4,6-7H2,1-2H3,(H2,15,16)(H,17,18). The largest absolute Gasteiger partial charge is 0.381 e. The smallest absolute Gasteiger partial charge is 0.254 e. The summed E-state index contributed by atoms with van der Waals surface area (Å²) >= 11 is 0. The fourth-order valence-electron chi connectivity index (χ4n) is 2.25. The third-order valence-corrected chi connectivity index (χ3v) is 3.19. The molecule has 0 spiro atoms. The quantitative estimate of drug-likeness (QED) is 0.851. The number of nitrogens with two attached hydrogens (primary N) is 1. The zero-order chi connectivity index (χ0) is 14.0. The van der Waals surface area contributed by atoms with Crippen LogP contribution in [-0.2, 0) is 4.74 Å². The van der Waals surface area contributed by atoms with Crippen molar-refractivity contribution in [3.63, 3.8) is 0 Å². The number of ether oxygens (including phenoxy) is 1. The van der Waals surface area contributed by atoms with E-state index < -0.39 is 11.7 Å². The average molecular weight is 267 g/mol. The summed E-state index contributed by atoms with van der Waals surface area (Å²) in [4.78, 5) is 15.6. The first kappa shape index (κ1) is 13.7. The summed E-state index contributed by atoms with van der Waals surface area (Å²) in [5.74, 6) is -1.50. The minimum atomic E-state index is -0.772. The summed E-state index contributed by atoms with van der Waals surface area (Å²) in [6.07, 6.45) is 2.74. The SMILES string of the molecule is CC1(C)CC(NC(=O)c2ccnc(N)c2F)CCO1. The molecule has 6 heteroatoms. The number of amides is 1. The molecule has 0 aromatic carbocycles. The van der Waals surface area contributed by atoms with E-state index in [1.165, 1.54) is 12.3 Å². The molecule has 1 aliphatic rings. The van der Waals surface area contributed by atoms with Gasteiger partial charge in [-0.2, -0.15) is 0 Å². The molecule has 1 aliphatic heterocycles. The Morgan fingerprint density at radius 2 is 2.37 bits per heavy atom. The third kappa shape index (κ3) is 3.20. The maximum atomic E-state index is 13.7. The topological polar surface area (TPSA) is 77.2 Å². The monoisotopic (exact) mass is 267 g/mol. The number of hydrogen-bond donors (Lipinski definition) is 2. The van der Waals surface area contributed by atoms with Gasteiger partial charge < -0.3 is 15.8 Å². The van der Waals surface area contributed by atoms with Crippen LogP contribution in [0.1, 0.15) is 37.0 Å². The summed E-state index contributed by atoms with van der Waals surface area (Å²) in [6, 6.07) is 1.30. The first-order chi connectivity index (χ1) is 8.89. The molecule has 1 fully saturated rings. The second kappa shape index (κ2) is 5.13. The molecule has 1 atom stereocenters. The Labute approximate surface area is 111 Å². The highest BCUT2D eigenvalue weighted by molar-refractivity contribution is 5.95. The number of nitrogen functional groups attached to an aromatic ring is 1. The molecule has 0 aliphatic carbocycles. The molecule has 2 heterocycles. The lowest BCUT2D eigenvalue weighted by Crippen LogP contribution is -2.46. The van der Waals surface area contributed by atoms with Crippen molar-refractivity contribution in [3.8, 4) is 0 Å². The summed E-state index contributed by atoms with van der Waals surface area (Å²) in [5, 5.41) is 2.82. The Balaban J connectivity index is 2.07. The Bertz CT molecular complexity index is 491. The Kier molecular flexibility index (Phi) is 3.71. The predicted molar refractivity (Wildman–Crippen MR) is 69.1 cm³/mol. The Morgan fingerprint density at radius 1 is 1.63 bits per heavy atom. The van der Waals surface area contributed by atoms with Crippen molar-refractivity contribution in [2.75, 3.05) is 12.3 Å². The van der Waals surface area contributed by atoms with E-state index in [1.807, 2.05) is 13.8 Å². The summed E-state index contributed by atoms with van der Waals surface area (Å²) in [7, 11) is 0. The number of carbonyl (C=O) groups excluding carboxylic acids is 1. The lowest BCUT2D eigenvalue weighted by atomic mass is 9.94. The van der Waals surface area contributed by atoms with Crippen LogP contribution in [0.25, 0.3) is 0 Å². The Morgan fingerprint density at radius 3 is 3.05 bits per heavy atom. The van der Waals surface area contributed by atoms with E-state index in [9.17, 15) is 9.18 Å². The van der Waals surface area contributed by atoms with Crippen LogP contribution in [0, 0.1) is 5.82 Å². The van der Waals surface area contributed by atoms with E-state index in [-0.39, 0.29) is 23.0 Å². The number of rotatable bonds is 2. The molecule has 1 amide bonds. The molecule has 0 radical (unpaired) electrons. The fourth-order valence-corrected chi connectivity index (χ4v) is 2.25. The van der Waals surface area contributed by atoms with E-state index >= 15 is 0 Å². The molecular weight excluding hydrogens is 249 g/mol. The number of hydrogen-bond acceptors (Lipinski definition) is 4. The van der Waals surface area contributed by atoms with Gasteiger partial charge in [-0.3, -0.25) is 4.79 Å². The molecule has 0 saturated carbocycles. The van der Waals surface area contributed by atoms with Crippen LogP contribution in [0.2, 0.25) is 0 Å². The van der Waals surface area contributed by atoms with Crippen molar-refractivity contribution in [3.05, 3.63) is 23.6 Å². The van der Waals surface area contributed by atoms with Crippen molar-refractivity contribution in [2.45, 2.75) is 38.3 Å². The summed E-state index contributed by atoms with van der Waals surface area (Å²) in [5.41, 5.74) is 5.00. The van der Waals surface area contributed by atoms with E-state index in [4.69, 9.17) is 10.5 Å². The fraction of sp³-hybridized carbons (Fsp3) is 0.538. The van der Waals surface area contributed by atoms with Gasteiger partial charge in [0, 0.05) is 18.8 Å². The van der Waals surface area contributed by atoms with Gasteiger partial charge in [-0.15, -0.1) is 0 Å². The highest BCUT2D eigenvalue weighted by Crippen LogP contribution is 2.24. The third-order valence-electron chi connectivity index (χ3n) is 3.19. The minimum absolute atomic E-state index is 0.0231. The van der Waals surface area contributed by atoms with E-state index in [2.05, 4.69) is 10.3 Å². The average Bonchev–Trinajstić information content (AvgIpc) is 2.31. The van der Waals surface area contributed by atoms with Crippen molar-refractivity contribution >= 4 is 11.7 Å². The van der Waals surface area contributed by atoms with Gasteiger partial charge in [0.1, 0.15) is 0 Å². The zero-order valence-corrected chi connectivity index (χ0v) is 11.1. The van der Waals surface area contributed by atoms with Gasteiger partial charge in [-0.25, -0.2) is 9.37 Å². The number of nitrogens with one attached hydrogen (secondary N) is 1. The van der Waals surface area contributed by atoms with Crippen molar-refractivity contribution in [1.82, 2.24) is 10.3 Å². The predicted octanol–water partition coefficient (Wildman–Crippen LogP) is 1.49. The first-order valence-corrected chi connectivity index (χ1v) is 6.24. The number of halogens is 1. The van der Waals surface area contributed by atoms with Crippen LogP contribution in [-0.4, -0.2) is 29.1 Å². The molecule has 19 heavy (non-hydrogen) atoms. The molecule has 2 rings (SSSR count). The number of nitrogens with zero attached hydrogens (tertiary/aromatic N) is 1. The normalized spacial score (nSPS) is 21.9. The maximum absolute atomic E-state index is 13.7. The molecule has 3 N–H and O–H groups in total. The van der Waals surface area contributed by atoms with Gasteiger partial charge in [0.15, 0.2) is 11.6 Å². The maximum Gasteiger partial charge on any atom is 0.254 e. The lowest BCUT2D eigenvalue weighted by molar-refractivity contribution is -0.0615. The van der Waals surface area contributed by atoms with Crippen LogP contribution in [0.4, 0.5) is 10.2 Å². The Hall–Kier alpha value is -1.69. The minimum Gasteiger partial charge on any atom is -0.381 e. The molecule has 0 bridgehead atoms. The van der Waals surface area contributed by atoms with Crippen LogP contribution in [0.3, 0.4) is 0 Å². The van der Waals surface area contributed by atoms with E-state index in [0.717, 1.165) is 6.42 Å². The summed E-state index contributed by atoms with van der Waals surface area (Å²) < 4.78 is 19.3. The molecule has 1 aromatic heterocycles. The van der Waals surface area contributed by atoms with E-state index in [1.54, 1.807) is 0 Å². The summed E-state index contributed by atoms with van der Waals surface area (Å²) in [6.45, 7) is 4.52. The lowest BCUT2D eigenvalue weighted by Gasteiger charge is -2.35. The van der Waals surface area contributed by atoms with Gasteiger partial charge in [0.05, 0.1) is 11.2 Å². The van der Waals surface area contributed by atoms with Crippen LogP contribution in [0.5, 0.6) is 0 Å². The van der Waals surface area contributed by atoms with Gasteiger partial charge in [0.2, 0.25) is 0 Å². The highest BCUT2D eigenvalue weighted by atomic mass is 19.1. The zero-order valence-electron chi connectivity index (χ0n) is 11.1. The van der Waals surface area contributed by atoms with Crippen LogP contribution < -0.4 is 11.1 Å². The van der Waals surface area contributed by atoms with Gasteiger partial charge in [0.25, 0.3) is 5.91 Å². The number of pyridine rings is 1. The molecular formula is C13H18FN3O2.